The van der Waals surface area contributed by atoms with Crippen LogP contribution in [0.3, 0.4) is 0 Å². The van der Waals surface area contributed by atoms with E-state index in [9.17, 15) is 0 Å². The van der Waals surface area contributed by atoms with Crippen molar-refractivity contribution in [3.63, 3.8) is 0 Å². The van der Waals surface area contributed by atoms with Crippen molar-refractivity contribution in [2.24, 2.45) is 0 Å². The Kier molecular flexibility index (Phi) is 5.28. The molecule has 0 aliphatic carbocycles. The minimum absolute atomic E-state index is 0.522. The van der Waals surface area contributed by atoms with E-state index in [0.29, 0.717) is 6.61 Å². The van der Waals surface area contributed by atoms with E-state index in [1.54, 1.807) is 7.11 Å². The number of benzene rings is 2. The van der Waals surface area contributed by atoms with E-state index in [4.69, 9.17) is 9.47 Å². The normalized spacial score (nSPS) is 10.3. The van der Waals surface area contributed by atoms with E-state index in [2.05, 4.69) is 31.9 Å². The van der Waals surface area contributed by atoms with E-state index >= 15 is 0 Å². The van der Waals surface area contributed by atoms with E-state index in [1.807, 2.05) is 42.5 Å². The number of ether oxygens (including phenoxy) is 2. The molecule has 0 aliphatic heterocycles. The molecule has 0 heterocycles. The van der Waals surface area contributed by atoms with Gasteiger partial charge in [-0.15, -0.1) is 0 Å². The van der Waals surface area contributed by atoms with Gasteiger partial charge in [0.05, 0.1) is 7.11 Å². The maximum atomic E-state index is 5.90. The van der Waals surface area contributed by atoms with Crippen LogP contribution in [-0.2, 0) is 11.9 Å². The summed E-state index contributed by atoms with van der Waals surface area (Å²) in [7, 11) is 1.65. The second kappa shape index (κ2) is 6.96. The molecule has 4 heteroatoms. The molecular formula is C15H14Br2O2. The lowest BCUT2D eigenvalue weighted by molar-refractivity contribution is 0.300. The summed E-state index contributed by atoms with van der Waals surface area (Å²) >= 11 is 6.99. The van der Waals surface area contributed by atoms with Crippen LogP contribution < -0.4 is 9.47 Å². The van der Waals surface area contributed by atoms with Gasteiger partial charge < -0.3 is 9.47 Å². The molecule has 0 saturated heterocycles. The maximum Gasteiger partial charge on any atom is 0.127 e. The molecule has 0 unspecified atom stereocenters. The van der Waals surface area contributed by atoms with E-state index in [1.165, 1.54) is 0 Å². The smallest absolute Gasteiger partial charge is 0.127 e. The molecule has 0 N–H and O–H groups in total. The van der Waals surface area contributed by atoms with Crippen LogP contribution in [-0.4, -0.2) is 7.11 Å². The topological polar surface area (TPSA) is 18.5 Å². The van der Waals surface area contributed by atoms with Gasteiger partial charge in [0.25, 0.3) is 0 Å². The predicted octanol–water partition coefficient (Wildman–Crippen LogP) is 4.93. The highest BCUT2D eigenvalue weighted by atomic mass is 79.9. The lowest BCUT2D eigenvalue weighted by Crippen LogP contribution is -1.99. The highest BCUT2D eigenvalue weighted by Gasteiger charge is 2.06. The van der Waals surface area contributed by atoms with Crippen molar-refractivity contribution in [1.82, 2.24) is 0 Å². The zero-order valence-corrected chi connectivity index (χ0v) is 13.7. The Balaban J connectivity index is 2.16. The largest absolute Gasteiger partial charge is 0.497 e. The molecule has 2 aromatic carbocycles. The van der Waals surface area contributed by atoms with Crippen LogP contribution in [0.25, 0.3) is 0 Å². The zero-order chi connectivity index (χ0) is 13.7. The van der Waals surface area contributed by atoms with Gasteiger partial charge in [0.1, 0.15) is 18.1 Å². The SMILES string of the molecule is COc1ccc(CBr)c(OCc2ccccc2Br)c1. The number of methoxy groups -OCH3 is 1. The third-order valence-corrected chi connectivity index (χ3v) is 4.14. The summed E-state index contributed by atoms with van der Waals surface area (Å²) < 4.78 is 12.2. The number of hydrogen-bond donors (Lipinski definition) is 0. The summed E-state index contributed by atoms with van der Waals surface area (Å²) in [5, 5.41) is 0.752. The van der Waals surface area contributed by atoms with Crippen LogP contribution >= 0.6 is 31.9 Å². The molecule has 0 saturated carbocycles. The highest BCUT2D eigenvalue weighted by Crippen LogP contribution is 2.28. The average Bonchev–Trinajstić information content (AvgIpc) is 2.46. The van der Waals surface area contributed by atoms with E-state index in [0.717, 1.165) is 32.4 Å². The lowest BCUT2D eigenvalue weighted by atomic mass is 10.2. The van der Waals surface area contributed by atoms with Crippen LogP contribution in [0.15, 0.2) is 46.9 Å². The molecule has 2 aromatic rings. The third-order valence-electron chi connectivity index (χ3n) is 2.76. The van der Waals surface area contributed by atoms with Crippen molar-refractivity contribution >= 4 is 31.9 Å². The average molecular weight is 386 g/mol. The number of hydrogen-bond acceptors (Lipinski definition) is 2. The Morgan fingerprint density at radius 3 is 2.53 bits per heavy atom. The van der Waals surface area contributed by atoms with Crippen LogP contribution in [0.1, 0.15) is 11.1 Å². The molecule has 0 aliphatic rings. The molecule has 0 aromatic heterocycles. The summed E-state index contributed by atoms with van der Waals surface area (Å²) in [6.45, 7) is 0.522. The summed E-state index contributed by atoms with van der Waals surface area (Å²) in [5.41, 5.74) is 2.22. The fraction of sp³-hybridized carbons (Fsp3) is 0.200. The maximum absolute atomic E-state index is 5.90. The molecule has 0 radical (unpaired) electrons. The van der Waals surface area contributed by atoms with E-state index < -0.39 is 0 Å². The van der Waals surface area contributed by atoms with E-state index in [-0.39, 0.29) is 0 Å². The molecule has 0 bridgehead atoms. The Morgan fingerprint density at radius 2 is 1.84 bits per heavy atom. The van der Waals surface area contributed by atoms with Crippen LogP contribution in [0.4, 0.5) is 0 Å². The Labute approximate surface area is 130 Å². The zero-order valence-electron chi connectivity index (χ0n) is 10.5. The van der Waals surface area contributed by atoms with Gasteiger partial charge in [-0.2, -0.15) is 0 Å². The molecular weight excluding hydrogens is 372 g/mol. The van der Waals surface area contributed by atoms with Gasteiger partial charge in [0.2, 0.25) is 0 Å². The van der Waals surface area contributed by atoms with Gasteiger partial charge in [0.15, 0.2) is 0 Å². The second-order valence-electron chi connectivity index (χ2n) is 3.99. The first-order valence-electron chi connectivity index (χ1n) is 5.83. The van der Waals surface area contributed by atoms with Gasteiger partial charge >= 0.3 is 0 Å². The quantitative estimate of drug-likeness (QED) is 0.679. The standard InChI is InChI=1S/C15H14Br2O2/c1-18-13-7-6-11(9-16)15(8-13)19-10-12-4-2-3-5-14(12)17/h2-8H,9-10H2,1H3. The van der Waals surface area contributed by atoms with Crippen molar-refractivity contribution in [2.75, 3.05) is 7.11 Å². The highest BCUT2D eigenvalue weighted by molar-refractivity contribution is 9.10. The van der Waals surface area contributed by atoms with Crippen molar-refractivity contribution in [2.45, 2.75) is 11.9 Å². The Hall–Kier alpha value is -1.00. The number of rotatable bonds is 5. The summed E-state index contributed by atoms with van der Waals surface area (Å²) in [6.07, 6.45) is 0. The molecule has 2 rings (SSSR count). The molecule has 100 valence electrons. The third kappa shape index (κ3) is 3.74. The summed E-state index contributed by atoms with van der Waals surface area (Å²) in [5.74, 6) is 1.64. The van der Waals surface area contributed by atoms with Gasteiger partial charge in [0, 0.05) is 27.0 Å². The Morgan fingerprint density at radius 1 is 1.05 bits per heavy atom. The van der Waals surface area contributed by atoms with Crippen LogP contribution in [0.5, 0.6) is 11.5 Å². The molecule has 19 heavy (non-hydrogen) atoms. The van der Waals surface area contributed by atoms with Crippen molar-refractivity contribution < 1.29 is 9.47 Å². The Bertz CT molecular complexity index is 556. The van der Waals surface area contributed by atoms with Gasteiger partial charge in [-0.1, -0.05) is 56.1 Å². The van der Waals surface area contributed by atoms with Crippen LogP contribution in [0, 0.1) is 0 Å². The summed E-state index contributed by atoms with van der Waals surface area (Å²) in [4.78, 5) is 0. The van der Waals surface area contributed by atoms with Crippen molar-refractivity contribution in [3.8, 4) is 11.5 Å². The molecule has 2 nitrogen and oxygen atoms in total. The first-order chi connectivity index (χ1) is 9.24. The fourth-order valence-electron chi connectivity index (χ4n) is 1.68. The lowest BCUT2D eigenvalue weighted by Gasteiger charge is -2.12. The number of alkyl halides is 1. The second-order valence-corrected chi connectivity index (χ2v) is 5.40. The summed E-state index contributed by atoms with van der Waals surface area (Å²) in [6, 6.07) is 13.9. The minimum Gasteiger partial charge on any atom is -0.497 e. The molecule has 0 amide bonds. The monoisotopic (exact) mass is 384 g/mol. The minimum atomic E-state index is 0.522. The molecule has 0 atom stereocenters. The van der Waals surface area contributed by atoms with Gasteiger partial charge in [-0.05, 0) is 12.1 Å². The first kappa shape index (κ1) is 14.4. The number of halogens is 2. The first-order valence-corrected chi connectivity index (χ1v) is 7.75. The molecule has 0 spiro atoms. The predicted molar refractivity (Wildman–Crippen MR) is 84.1 cm³/mol. The fourth-order valence-corrected chi connectivity index (χ4v) is 2.54. The molecule has 0 fully saturated rings. The van der Waals surface area contributed by atoms with Crippen molar-refractivity contribution in [1.29, 1.82) is 0 Å². The van der Waals surface area contributed by atoms with Crippen LogP contribution in [0.2, 0.25) is 0 Å². The van der Waals surface area contributed by atoms with Crippen molar-refractivity contribution in [3.05, 3.63) is 58.1 Å². The van der Waals surface area contributed by atoms with Gasteiger partial charge in [-0.25, -0.2) is 0 Å². The van der Waals surface area contributed by atoms with Gasteiger partial charge in [-0.3, -0.25) is 0 Å².